The zero-order valence-corrected chi connectivity index (χ0v) is 10.2. The van der Waals surface area contributed by atoms with Crippen molar-refractivity contribution in [3.63, 3.8) is 0 Å². The molecule has 0 unspecified atom stereocenters. The van der Waals surface area contributed by atoms with Gasteiger partial charge in [-0.3, -0.25) is 0 Å². The van der Waals surface area contributed by atoms with Crippen LogP contribution in [0.5, 0.6) is 0 Å². The largest absolute Gasteiger partial charge is 0.389 e. The first-order valence-corrected chi connectivity index (χ1v) is 6.36. The Balaban J connectivity index is 3.28. The van der Waals surface area contributed by atoms with Gasteiger partial charge in [0.1, 0.15) is 10.8 Å². The summed E-state index contributed by atoms with van der Waals surface area (Å²) in [7, 11) is -3.61. The Morgan fingerprint density at radius 2 is 2.19 bits per heavy atom. The Morgan fingerprint density at radius 1 is 1.56 bits per heavy atom. The molecule has 1 aromatic rings. The van der Waals surface area contributed by atoms with E-state index < -0.39 is 15.8 Å². The molecule has 7 heteroatoms. The minimum Gasteiger partial charge on any atom is -0.389 e. The van der Waals surface area contributed by atoms with Gasteiger partial charge in [0.2, 0.25) is 10.0 Å². The number of sulfonamides is 1. The van der Waals surface area contributed by atoms with Gasteiger partial charge in [-0.25, -0.2) is 17.5 Å². The summed E-state index contributed by atoms with van der Waals surface area (Å²) in [5, 5.41) is 0. The van der Waals surface area contributed by atoms with Gasteiger partial charge in [-0.15, -0.1) is 0 Å². The smallest absolute Gasteiger partial charge is 0.240 e. The molecule has 0 fully saturated rings. The van der Waals surface area contributed by atoms with Gasteiger partial charge in [0.25, 0.3) is 0 Å². The molecule has 0 aliphatic rings. The first kappa shape index (κ1) is 13.0. The summed E-state index contributed by atoms with van der Waals surface area (Å²) < 4.78 is 38.7. The second-order valence-corrected chi connectivity index (χ2v) is 5.21. The lowest BCUT2D eigenvalue weighted by atomic mass is 10.2. The van der Waals surface area contributed by atoms with E-state index >= 15 is 0 Å². The molecule has 0 saturated carbocycles. The van der Waals surface area contributed by atoms with Crippen molar-refractivity contribution in [3.8, 4) is 0 Å². The van der Waals surface area contributed by atoms with Crippen molar-refractivity contribution in [2.45, 2.75) is 11.8 Å². The average molecular weight is 262 g/mol. The van der Waals surface area contributed by atoms with E-state index in [9.17, 15) is 12.8 Å². The maximum atomic E-state index is 13.2. The highest BCUT2D eigenvalue weighted by Gasteiger charge is 2.15. The third-order valence-corrected chi connectivity index (χ3v) is 3.61. The molecule has 0 aliphatic carbocycles. The standard InChI is InChI=1S/C9H11FN2O2S2/c1-2-12-16(13,14)6-3-4-8(10)7(5-6)9(11)15/h3-5,12H,2H2,1H3,(H2,11,15). The lowest BCUT2D eigenvalue weighted by Crippen LogP contribution is -2.24. The van der Waals surface area contributed by atoms with Crippen LogP contribution in [0.3, 0.4) is 0 Å². The molecule has 0 aromatic heterocycles. The molecule has 1 rings (SSSR count). The quantitative estimate of drug-likeness (QED) is 0.786. The molecular formula is C9H11FN2O2S2. The molecule has 88 valence electrons. The molecule has 0 spiro atoms. The SMILES string of the molecule is CCNS(=O)(=O)c1ccc(F)c(C(N)=S)c1. The van der Waals surface area contributed by atoms with Crippen molar-refractivity contribution in [3.05, 3.63) is 29.6 Å². The molecule has 1 aromatic carbocycles. The predicted molar refractivity (Wildman–Crippen MR) is 63.1 cm³/mol. The maximum Gasteiger partial charge on any atom is 0.240 e. The first-order valence-electron chi connectivity index (χ1n) is 4.47. The minimum absolute atomic E-state index is 0.0569. The summed E-state index contributed by atoms with van der Waals surface area (Å²) in [5.74, 6) is -0.636. The highest BCUT2D eigenvalue weighted by Crippen LogP contribution is 2.14. The van der Waals surface area contributed by atoms with Crippen LogP contribution >= 0.6 is 12.2 Å². The fourth-order valence-corrected chi connectivity index (χ4v) is 2.36. The van der Waals surface area contributed by atoms with E-state index in [2.05, 4.69) is 16.9 Å². The third kappa shape index (κ3) is 2.75. The van der Waals surface area contributed by atoms with Crippen molar-refractivity contribution < 1.29 is 12.8 Å². The number of benzene rings is 1. The number of halogens is 1. The number of nitrogens with one attached hydrogen (secondary N) is 1. The predicted octanol–water partition coefficient (Wildman–Crippen LogP) is 0.758. The maximum absolute atomic E-state index is 13.2. The highest BCUT2D eigenvalue weighted by atomic mass is 32.2. The Kier molecular flexibility index (Phi) is 3.95. The first-order chi connectivity index (χ1) is 7.38. The van der Waals surface area contributed by atoms with Gasteiger partial charge in [0.05, 0.1) is 4.90 Å². The Morgan fingerprint density at radius 3 is 2.69 bits per heavy atom. The number of hydrogen-bond donors (Lipinski definition) is 2. The monoisotopic (exact) mass is 262 g/mol. The minimum atomic E-state index is -3.61. The Bertz CT molecular complexity index is 514. The molecule has 0 radical (unpaired) electrons. The van der Waals surface area contributed by atoms with Crippen LogP contribution in [0.15, 0.2) is 23.1 Å². The second kappa shape index (κ2) is 4.86. The Hall–Kier alpha value is -1.05. The topological polar surface area (TPSA) is 72.2 Å². The number of nitrogens with two attached hydrogens (primary N) is 1. The van der Waals surface area contributed by atoms with Crippen LogP contribution in [0.2, 0.25) is 0 Å². The normalized spacial score (nSPS) is 11.4. The van der Waals surface area contributed by atoms with Gasteiger partial charge in [-0.1, -0.05) is 19.1 Å². The average Bonchev–Trinajstić information content (AvgIpc) is 2.17. The molecule has 0 heterocycles. The summed E-state index contributed by atoms with van der Waals surface area (Å²) in [5.41, 5.74) is 5.20. The Labute approximate surface area is 98.7 Å². The van der Waals surface area contributed by atoms with Crippen molar-refractivity contribution in [1.82, 2.24) is 4.72 Å². The van der Waals surface area contributed by atoms with Crippen molar-refractivity contribution >= 4 is 27.2 Å². The van der Waals surface area contributed by atoms with Gasteiger partial charge in [-0.2, -0.15) is 0 Å². The highest BCUT2D eigenvalue weighted by molar-refractivity contribution is 7.89. The van der Waals surface area contributed by atoms with Crippen molar-refractivity contribution in [2.24, 2.45) is 5.73 Å². The van der Waals surface area contributed by atoms with E-state index in [1.165, 1.54) is 0 Å². The zero-order chi connectivity index (χ0) is 12.3. The van der Waals surface area contributed by atoms with Crippen LogP contribution in [0.1, 0.15) is 12.5 Å². The van der Waals surface area contributed by atoms with Gasteiger partial charge >= 0.3 is 0 Å². The van der Waals surface area contributed by atoms with Crippen LogP contribution in [0, 0.1) is 5.82 Å². The van der Waals surface area contributed by atoms with E-state index in [0.717, 1.165) is 18.2 Å². The summed E-state index contributed by atoms with van der Waals surface area (Å²) in [6.45, 7) is 1.90. The van der Waals surface area contributed by atoms with E-state index in [1.807, 2.05) is 0 Å². The molecule has 4 nitrogen and oxygen atoms in total. The van der Waals surface area contributed by atoms with E-state index in [-0.39, 0.29) is 22.0 Å². The van der Waals surface area contributed by atoms with Crippen LogP contribution in [0.25, 0.3) is 0 Å². The summed E-state index contributed by atoms with van der Waals surface area (Å²) in [6, 6.07) is 3.31. The van der Waals surface area contributed by atoms with Crippen molar-refractivity contribution in [2.75, 3.05) is 6.54 Å². The molecule has 16 heavy (non-hydrogen) atoms. The molecular weight excluding hydrogens is 251 g/mol. The third-order valence-electron chi connectivity index (χ3n) is 1.85. The molecule has 0 amide bonds. The fraction of sp³-hybridized carbons (Fsp3) is 0.222. The number of thiocarbonyl (C=S) groups is 1. The van der Waals surface area contributed by atoms with E-state index in [1.54, 1.807) is 6.92 Å². The van der Waals surface area contributed by atoms with Crippen LogP contribution in [-0.2, 0) is 10.0 Å². The zero-order valence-electron chi connectivity index (χ0n) is 8.53. The van der Waals surface area contributed by atoms with E-state index in [4.69, 9.17) is 5.73 Å². The summed E-state index contributed by atoms with van der Waals surface area (Å²) in [6.07, 6.45) is 0. The van der Waals surface area contributed by atoms with Gasteiger partial charge in [0, 0.05) is 12.1 Å². The second-order valence-electron chi connectivity index (χ2n) is 3.01. The fourth-order valence-electron chi connectivity index (χ4n) is 1.13. The van der Waals surface area contributed by atoms with Crippen molar-refractivity contribution in [1.29, 1.82) is 0 Å². The molecule has 0 saturated heterocycles. The molecule has 0 aliphatic heterocycles. The van der Waals surface area contributed by atoms with Crippen LogP contribution in [0.4, 0.5) is 4.39 Å². The summed E-state index contributed by atoms with van der Waals surface area (Å²) in [4.78, 5) is -0.232. The van der Waals surface area contributed by atoms with E-state index in [0.29, 0.717) is 0 Å². The summed E-state index contributed by atoms with van der Waals surface area (Å²) >= 11 is 4.62. The van der Waals surface area contributed by atoms with Crippen LogP contribution in [-0.4, -0.2) is 20.0 Å². The molecule has 3 N–H and O–H groups in total. The van der Waals surface area contributed by atoms with Gasteiger partial charge < -0.3 is 5.73 Å². The number of rotatable bonds is 4. The number of hydrogen-bond acceptors (Lipinski definition) is 3. The van der Waals surface area contributed by atoms with Gasteiger partial charge in [0.15, 0.2) is 0 Å². The van der Waals surface area contributed by atoms with Crippen LogP contribution < -0.4 is 10.5 Å². The molecule has 0 atom stereocenters. The lowest BCUT2D eigenvalue weighted by molar-refractivity contribution is 0.583. The lowest BCUT2D eigenvalue weighted by Gasteiger charge is -2.07. The van der Waals surface area contributed by atoms with Gasteiger partial charge in [-0.05, 0) is 18.2 Å². The molecule has 0 bridgehead atoms.